The molecule has 0 aliphatic carbocycles. The van der Waals surface area contributed by atoms with E-state index in [-0.39, 0.29) is 0 Å². The van der Waals surface area contributed by atoms with Crippen molar-refractivity contribution < 1.29 is 4.42 Å². The molecule has 0 aliphatic rings. The van der Waals surface area contributed by atoms with E-state index in [9.17, 15) is 0 Å². The minimum atomic E-state index is 0.659. The number of fused-ring (bicyclic) bond motifs is 1. The fraction of sp³-hybridized carbons (Fsp3) is 0.286. The van der Waals surface area contributed by atoms with Crippen molar-refractivity contribution in [1.29, 1.82) is 0 Å². The monoisotopic (exact) mass is 288 g/mol. The zero-order chi connectivity index (χ0) is 14.1. The van der Waals surface area contributed by atoms with E-state index in [2.05, 4.69) is 23.1 Å². The van der Waals surface area contributed by atoms with Crippen LogP contribution in [0.15, 0.2) is 33.9 Å². The Hall–Kier alpha value is -1.95. The quantitative estimate of drug-likeness (QED) is 0.589. The van der Waals surface area contributed by atoms with Crippen LogP contribution in [0.3, 0.4) is 0 Å². The molecule has 0 atom stereocenters. The smallest absolute Gasteiger partial charge is 0.257 e. The molecule has 2 aromatic heterocycles. The fourth-order valence-electron chi connectivity index (χ4n) is 2.11. The summed E-state index contributed by atoms with van der Waals surface area (Å²) in [5, 5.41) is 5.09. The Kier molecular flexibility index (Phi) is 3.40. The zero-order valence-corrected chi connectivity index (χ0v) is 12.3. The van der Waals surface area contributed by atoms with E-state index in [4.69, 9.17) is 10.2 Å². The van der Waals surface area contributed by atoms with Crippen LogP contribution < -0.4 is 5.73 Å². The van der Waals surface area contributed by atoms with Crippen LogP contribution in [0.4, 0.5) is 5.69 Å². The van der Waals surface area contributed by atoms with E-state index in [1.165, 1.54) is 5.69 Å². The maximum atomic E-state index is 5.73. The number of thioether (sulfide) groups is 1. The average molecular weight is 288 g/mol. The van der Waals surface area contributed by atoms with Gasteiger partial charge in [0, 0.05) is 29.7 Å². The maximum absolute atomic E-state index is 5.73. The van der Waals surface area contributed by atoms with Gasteiger partial charge in [-0.05, 0) is 32.0 Å². The number of oxazole rings is 1. The largest absolute Gasteiger partial charge is 0.431 e. The normalized spacial score (nSPS) is 11.3. The minimum Gasteiger partial charge on any atom is -0.431 e. The summed E-state index contributed by atoms with van der Waals surface area (Å²) in [7, 11) is 0. The third-order valence-electron chi connectivity index (χ3n) is 3.02. The highest BCUT2D eigenvalue weighted by atomic mass is 32.2. The Labute approximate surface area is 121 Å². The Morgan fingerprint density at radius 1 is 1.35 bits per heavy atom. The minimum absolute atomic E-state index is 0.659. The summed E-state index contributed by atoms with van der Waals surface area (Å²) in [6, 6.07) is 7.59. The fourth-order valence-corrected chi connectivity index (χ4v) is 2.92. The molecule has 0 saturated carbocycles. The van der Waals surface area contributed by atoms with Gasteiger partial charge >= 0.3 is 0 Å². The van der Waals surface area contributed by atoms with Crippen LogP contribution in [-0.2, 0) is 12.3 Å². The van der Waals surface area contributed by atoms with Crippen LogP contribution in [0.1, 0.15) is 18.3 Å². The lowest BCUT2D eigenvalue weighted by Crippen LogP contribution is -2.01. The summed E-state index contributed by atoms with van der Waals surface area (Å²) in [5.41, 5.74) is 10.2. The Bertz CT molecular complexity index is 747. The highest BCUT2D eigenvalue weighted by Crippen LogP contribution is 2.27. The van der Waals surface area contributed by atoms with Gasteiger partial charge < -0.3 is 10.2 Å². The average Bonchev–Trinajstić information content (AvgIpc) is 2.98. The molecule has 20 heavy (non-hydrogen) atoms. The van der Waals surface area contributed by atoms with E-state index in [1.54, 1.807) is 17.8 Å². The van der Waals surface area contributed by atoms with Gasteiger partial charge in [-0.25, -0.2) is 4.98 Å². The number of nitrogen functional groups attached to an aromatic ring is 1. The molecule has 0 fully saturated rings. The first-order chi connectivity index (χ1) is 9.65. The highest BCUT2D eigenvalue weighted by Gasteiger charge is 2.09. The first-order valence-electron chi connectivity index (χ1n) is 6.48. The first-order valence-corrected chi connectivity index (χ1v) is 7.46. The summed E-state index contributed by atoms with van der Waals surface area (Å²) in [6.07, 6.45) is 0. The molecular weight excluding hydrogens is 272 g/mol. The molecule has 6 heteroatoms. The number of aryl methyl sites for hydroxylation is 2. The van der Waals surface area contributed by atoms with Gasteiger partial charge in [-0.15, -0.1) is 0 Å². The number of nitrogens with zero attached hydrogens (tertiary/aromatic N) is 3. The van der Waals surface area contributed by atoms with E-state index < -0.39 is 0 Å². The van der Waals surface area contributed by atoms with Gasteiger partial charge in [0.05, 0.1) is 5.69 Å². The molecule has 0 unspecified atom stereocenters. The third-order valence-corrected chi connectivity index (χ3v) is 3.88. The number of aromatic nitrogens is 3. The topological polar surface area (TPSA) is 69.9 Å². The zero-order valence-electron chi connectivity index (χ0n) is 11.5. The van der Waals surface area contributed by atoms with Crippen LogP contribution in [0, 0.1) is 6.92 Å². The first kappa shape index (κ1) is 13.1. The summed E-state index contributed by atoms with van der Waals surface area (Å²) >= 11 is 1.57. The van der Waals surface area contributed by atoms with Crippen molar-refractivity contribution in [3.8, 4) is 0 Å². The molecule has 3 aromatic rings. The molecule has 0 amide bonds. The van der Waals surface area contributed by atoms with Crippen LogP contribution >= 0.6 is 11.8 Å². The van der Waals surface area contributed by atoms with Crippen molar-refractivity contribution >= 4 is 28.5 Å². The number of hydrogen-bond acceptors (Lipinski definition) is 5. The molecule has 0 radical (unpaired) electrons. The van der Waals surface area contributed by atoms with Crippen LogP contribution in [0.5, 0.6) is 0 Å². The Morgan fingerprint density at radius 3 is 3.00 bits per heavy atom. The molecule has 0 aliphatic heterocycles. The number of benzene rings is 1. The maximum Gasteiger partial charge on any atom is 0.257 e. The second-order valence-electron chi connectivity index (χ2n) is 4.59. The lowest BCUT2D eigenvalue weighted by atomic mass is 10.3. The van der Waals surface area contributed by atoms with Crippen molar-refractivity contribution in [3.63, 3.8) is 0 Å². The molecule has 1 aromatic carbocycles. The molecule has 2 N–H and O–H groups in total. The summed E-state index contributed by atoms with van der Waals surface area (Å²) in [6.45, 7) is 4.96. The predicted octanol–water partition coefficient (Wildman–Crippen LogP) is 3.23. The second-order valence-corrected chi connectivity index (χ2v) is 5.52. The van der Waals surface area contributed by atoms with E-state index in [1.807, 2.05) is 23.7 Å². The number of anilines is 1. The summed E-state index contributed by atoms with van der Waals surface area (Å²) in [5.74, 6) is 0.789. The van der Waals surface area contributed by atoms with Crippen molar-refractivity contribution in [3.05, 3.63) is 35.7 Å². The Morgan fingerprint density at radius 2 is 2.20 bits per heavy atom. The number of hydrogen-bond donors (Lipinski definition) is 1. The molecule has 0 saturated heterocycles. The Balaban J connectivity index is 1.79. The summed E-state index contributed by atoms with van der Waals surface area (Å²) in [4.78, 5) is 4.44. The van der Waals surface area contributed by atoms with Crippen LogP contribution in [-0.4, -0.2) is 14.8 Å². The SMILES string of the molecule is CCn1nc(C)cc1CSc1nc2ccc(N)cc2o1. The van der Waals surface area contributed by atoms with Crippen LogP contribution in [0.2, 0.25) is 0 Å². The van der Waals surface area contributed by atoms with Gasteiger partial charge in [0.2, 0.25) is 0 Å². The number of nitrogens with two attached hydrogens (primary N) is 1. The van der Waals surface area contributed by atoms with Gasteiger partial charge in [-0.1, -0.05) is 11.8 Å². The van der Waals surface area contributed by atoms with Crippen molar-refractivity contribution in [2.24, 2.45) is 0 Å². The van der Waals surface area contributed by atoms with Crippen molar-refractivity contribution in [2.45, 2.75) is 31.4 Å². The molecule has 0 spiro atoms. The van der Waals surface area contributed by atoms with Crippen LogP contribution in [0.25, 0.3) is 11.1 Å². The van der Waals surface area contributed by atoms with Gasteiger partial charge in [-0.3, -0.25) is 4.68 Å². The third kappa shape index (κ3) is 2.51. The molecule has 0 bridgehead atoms. The molecule has 104 valence electrons. The van der Waals surface area contributed by atoms with Gasteiger partial charge in [-0.2, -0.15) is 5.10 Å². The lowest BCUT2D eigenvalue weighted by molar-refractivity contribution is 0.489. The standard InChI is InChI=1S/C14H16N4OS/c1-3-18-11(6-9(2)17-18)8-20-14-16-12-5-4-10(15)7-13(12)19-14/h4-7H,3,8,15H2,1-2H3. The van der Waals surface area contributed by atoms with Gasteiger partial charge in [0.15, 0.2) is 5.58 Å². The molecule has 2 heterocycles. The van der Waals surface area contributed by atoms with Gasteiger partial charge in [0.1, 0.15) is 5.52 Å². The highest BCUT2D eigenvalue weighted by molar-refractivity contribution is 7.98. The van der Waals surface area contributed by atoms with E-state index >= 15 is 0 Å². The molecular formula is C14H16N4OS. The molecule has 5 nitrogen and oxygen atoms in total. The number of rotatable bonds is 4. The van der Waals surface area contributed by atoms with Gasteiger partial charge in [0.25, 0.3) is 5.22 Å². The molecule has 3 rings (SSSR count). The summed E-state index contributed by atoms with van der Waals surface area (Å²) < 4.78 is 7.70. The van der Waals surface area contributed by atoms with E-state index in [0.717, 1.165) is 29.1 Å². The second kappa shape index (κ2) is 5.20. The van der Waals surface area contributed by atoms with E-state index in [0.29, 0.717) is 10.9 Å². The lowest BCUT2D eigenvalue weighted by Gasteiger charge is -2.01. The van der Waals surface area contributed by atoms with Crippen molar-refractivity contribution in [2.75, 3.05) is 5.73 Å². The van der Waals surface area contributed by atoms with Crippen molar-refractivity contribution in [1.82, 2.24) is 14.8 Å². The predicted molar refractivity (Wildman–Crippen MR) is 80.6 cm³/mol.